The molecule has 0 aliphatic heterocycles. The van der Waals surface area contributed by atoms with Crippen molar-refractivity contribution in [2.45, 2.75) is 19.4 Å². The molecule has 0 saturated heterocycles. The van der Waals surface area contributed by atoms with E-state index in [0.29, 0.717) is 0 Å². The fraction of sp³-hybridized carbons (Fsp3) is 0.300. The van der Waals surface area contributed by atoms with E-state index in [9.17, 15) is 4.79 Å². The summed E-state index contributed by atoms with van der Waals surface area (Å²) < 4.78 is 0. The minimum absolute atomic E-state index is 0.272. The summed E-state index contributed by atoms with van der Waals surface area (Å²) in [5, 5.41) is 11.9. The molecule has 0 saturated carbocycles. The summed E-state index contributed by atoms with van der Waals surface area (Å²) in [5.74, 6) is -1.05. The minimum Gasteiger partial charge on any atom is -0.478 e. The van der Waals surface area contributed by atoms with E-state index in [-0.39, 0.29) is 6.42 Å². The second kappa shape index (κ2) is 5.63. The van der Waals surface area contributed by atoms with Crippen molar-refractivity contribution in [3.05, 3.63) is 45.8 Å². The molecule has 6 nitrogen and oxygen atoms in total. The number of azide groups is 1. The average molecular weight is 220 g/mol. The summed E-state index contributed by atoms with van der Waals surface area (Å²) in [6.07, 6.45) is 0.272. The van der Waals surface area contributed by atoms with Crippen molar-refractivity contribution in [3.63, 3.8) is 0 Å². The SMILES string of the molecule is Cc1ccc(CC(NN=[N+]=[N-])C(=O)O)cc1. The van der Waals surface area contributed by atoms with Crippen LogP contribution in [0.25, 0.3) is 10.4 Å². The number of carbonyl (C=O) groups is 1. The van der Waals surface area contributed by atoms with Crippen molar-refractivity contribution in [3.8, 4) is 0 Å². The first kappa shape index (κ1) is 11.9. The van der Waals surface area contributed by atoms with Crippen LogP contribution < -0.4 is 5.43 Å². The summed E-state index contributed by atoms with van der Waals surface area (Å²) in [6, 6.07) is 6.61. The van der Waals surface area contributed by atoms with Gasteiger partial charge >= 0.3 is 5.97 Å². The molecular formula is C10H12N4O2. The second-order valence-electron chi connectivity index (χ2n) is 3.40. The van der Waals surface area contributed by atoms with Crippen molar-refractivity contribution in [1.82, 2.24) is 5.43 Å². The van der Waals surface area contributed by atoms with Crippen molar-refractivity contribution >= 4 is 5.97 Å². The Morgan fingerprint density at radius 1 is 1.56 bits per heavy atom. The average Bonchev–Trinajstić information content (AvgIpc) is 2.26. The molecule has 16 heavy (non-hydrogen) atoms. The maximum Gasteiger partial charge on any atom is 0.349 e. The van der Waals surface area contributed by atoms with Gasteiger partial charge in [-0.1, -0.05) is 29.8 Å². The molecule has 0 aliphatic rings. The molecule has 0 aliphatic carbocycles. The monoisotopic (exact) mass is 220 g/mol. The minimum atomic E-state index is -1.05. The maximum atomic E-state index is 10.8. The molecule has 0 fully saturated rings. The van der Waals surface area contributed by atoms with Gasteiger partial charge in [-0.05, 0) is 17.7 Å². The summed E-state index contributed by atoms with van der Waals surface area (Å²) in [6.45, 7) is 1.96. The topological polar surface area (TPSA) is 98.1 Å². The van der Waals surface area contributed by atoms with Gasteiger partial charge in [0.15, 0.2) is 6.04 Å². The third kappa shape index (κ3) is 3.51. The number of aliphatic carboxylic acids is 1. The quantitative estimate of drug-likeness (QED) is 0.342. The number of carboxylic acids is 1. The Balaban J connectivity index is 2.71. The highest BCUT2D eigenvalue weighted by Crippen LogP contribution is 2.06. The second-order valence-corrected chi connectivity index (χ2v) is 3.40. The van der Waals surface area contributed by atoms with Gasteiger partial charge in [0, 0.05) is 6.42 Å². The molecule has 1 aromatic carbocycles. The van der Waals surface area contributed by atoms with Crippen LogP contribution in [0.2, 0.25) is 0 Å². The van der Waals surface area contributed by atoms with E-state index in [1.165, 1.54) is 0 Å². The number of nitrogens with one attached hydrogen (secondary N) is 1. The van der Waals surface area contributed by atoms with E-state index in [0.717, 1.165) is 11.1 Å². The van der Waals surface area contributed by atoms with Crippen LogP contribution >= 0.6 is 0 Å². The van der Waals surface area contributed by atoms with Crippen LogP contribution in [0.3, 0.4) is 0 Å². The Kier molecular flexibility index (Phi) is 4.17. The Labute approximate surface area is 92.5 Å². The van der Waals surface area contributed by atoms with Crippen molar-refractivity contribution < 1.29 is 9.90 Å². The number of hydrogen-bond acceptors (Lipinski definition) is 2. The van der Waals surface area contributed by atoms with Gasteiger partial charge in [0.1, 0.15) is 0 Å². The number of benzene rings is 1. The molecule has 0 bridgehead atoms. The lowest BCUT2D eigenvalue weighted by atomic mass is 10.1. The standard InChI is InChI=1S/C10H12N4O2/c1-7-2-4-8(5-3-7)6-9(10(15)16)12-14-13-11/h2-5,9,12H,6H2,1H3,(H,15,16). The van der Waals surface area contributed by atoms with E-state index in [1.54, 1.807) is 0 Å². The zero-order chi connectivity index (χ0) is 12.0. The predicted molar refractivity (Wildman–Crippen MR) is 58.6 cm³/mol. The first-order valence-corrected chi connectivity index (χ1v) is 4.71. The van der Waals surface area contributed by atoms with Gasteiger partial charge in [0.05, 0.1) is 0 Å². The molecule has 0 heterocycles. The number of rotatable bonds is 5. The first-order valence-electron chi connectivity index (χ1n) is 4.71. The van der Waals surface area contributed by atoms with Gasteiger partial charge in [-0.2, -0.15) is 4.91 Å². The Morgan fingerprint density at radius 3 is 2.69 bits per heavy atom. The zero-order valence-corrected chi connectivity index (χ0v) is 8.79. The molecule has 2 N–H and O–H groups in total. The highest BCUT2D eigenvalue weighted by Gasteiger charge is 2.19. The van der Waals surface area contributed by atoms with E-state index in [1.807, 2.05) is 31.2 Å². The third-order valence-corrected chi connectivity index (χ3v) is 2.12. The third-order valence-electron chi connectivity index (χ3n) is 2.12. The smallest absolute Gasteiger partial charge is 0.349 e. The normalized spacial score (nSPS) is 11.3. The molecule has 0 radical (unpaired) electrons. The molecule has 6 heteroatoms. The molecule has 1 aromatic rings. The Hall–Kier alpha value is -2.20. The van der Waals surface area contributed by atoms with Crippen molar-refractivity contribution in [2.24, 2.45) is 5.22 Å². The lowest BCUT2D eigenvalue weighted by molar-refractivity contribution is -0.139. The largest absolute Gasteiger partial charge is 0.478 e. The fourth-order valence-corrected chi connectivity index (χ4v) is 1.24. The first-order chi connectivity index (χ1) is 7.63. The summed E-state index contributed by atoms with van der Waals surface area (Å²) >= 11 is 0. The van der Waals surface area contributed by atoms with Crippen molar-refractivity contribution in [2.75, 3.05) is 0 Å². The summed E-state index contributed by atoms with van der Waals surface area (Å²) in [7, 11) is 0. The zero-order valence-electron chi connectivity index (χ0n) is 8.79. The lowest BCUT2D eigenvalue weighted by Crippen LogP contribution is -2.34. The van der Waals surface area contributed by atoms with E-state index in [2.05, 4.69) is 15.6 Å². The van der Waals surface area contributed by atoms with Gasteiger partial charge in [-0.3, -0.25) is 0 Å². The van der Waals surface area contributed by atoms with Crippen LogP contribution in [0.1, 0.15) is 11.1 Å². The molecule has 0 amide bonds. The number of aryl methyl sites for hydroxylation is 1. The van der Waals surface area contributed by atoms with E-state index < -0.39 is 12.0 Å². The Bertz CT molecular complexity index is 409. The van der Waals surface area contributed by atoms with E-state index in [4.69, 9.17) is 10.6 Å². The summed E-state index contributed by atoms with van der Waals surface area (Å²) in [5.41, 5.74) is 12.3. The highest BCUT2D eigenvalue weighted by atomic mass is 16.4. The molecule has 0 aromatic heterocycles. The van der Waals surface area contributed by atoms with Crippen LogP contribution in [0.5, 0.6) is 0 Å². The van der Waals surface area contributed by atoms with Crippen LogP contribution in [-0.4, -0.2) is 17.1 Å². The van der Waals surface area contributed by atoms with Gasteiger partial charge in [0.25, 0.3) is 0 Å². The number of carboxylic acid groups (broad SMARTS) is 1. The van der Waals surface area contributed by atoms with Gasteiger partial charge in [0.2, 0.25) is 0 Å². The maximum absolute atomic E-state index is 10.8. The molecule has 1 unspecified atom stereocenters. The Morgan fingerprint density at radius 2 is 2.19 bits per heavy atom. The van der Waals surface area contributed by atoms with Crippen LogP contribution in [0.15, 0.2) is 29.5 Å². The molecule has 1 rings (SSSR count). The van der Waals surface area contributed by atoms with Crippen LogP contribution in [-0.2, 0) is 11.2 Å². The fourth-order valence-electron chi connectivity index (χ4n) is 1.24. The van der Waals surface area contributed by atoms with Gasteiger partial charge in [-0.15, -0.1) is 5.53 Å². The van der Waals surface area contributed by atoms with Crippen LogP contribution in [0, 0.1) is 6.92 Å². The molecule has 1 atom stereocenters. The summed E-state index contributed by atoms with van der Waals surface area (Å²) in [4.78, 5) is 13.3. The predicted octanol–water partition coefficient (Wildman–Crippen LogP) is 1.81. The van der Waals surface area contributed by atoms with Gasteiger partial charge < -0.3 is 5.11 Å². The van der Waals surface area contributed by atoms with Crippen molar-refractivity contribution in [1.29, 1.82) is 0 Å². The van der Waals surface area contributed by atoms with E-state index >= 15 is 0 Å². The molecule has 0 spiro atoms. The molecule has 84 valence electrons. The lowest BCUT2D eigenvalue weighted by Gasteiger charge is -2.08. The number of nitrogens with zero attached hydrogens (tertiary/aromatic N) is 3. The van der Waals surface area contributed by atoms with Crippen LogP contribution in [0.4, 0.5) is 0 Å². The number of hydrogen-bond donors (Lipinski definition) is 2. The molecular weight excluding hydrogens is 208 g/mol. The highest BCUT2D eigenvalue weighted by molar-refractivity contribution is 5.73. The van der Waals surface area contributed by atoms with Gasteiger partial charge in [-0.25, -0.2) is 10.2 Å².